The van der Waals surface area contributed by atoms with Crippen LogP contribution in [0.1, 0.15) is 31.4 Å². The number of phenolic OH excluding ortho intramolecular Hbond substituents is 1. The van der Waals surface area contributed by atoms with Gasteiger partial charge in [-0.1, -0.05) is 31.7 Å². The molecule has 1 N–H and O–H groups in total. The number of hydrogen-bond donors (Lipinski definition) is 1. The van der Waals surface area contributed by atoms with E-state index in [1.165, 1.54) is 37.8 Å². The number of halogens is 1. The Labute approximate surface area is 118 Å². The summed E-state index contributed by atoms with van der Waals surface area (Å²) >= 11 is 0. The number of hydrogen-bond acceptors (Lipinski definition) is 2. The van der Waals surface area contributed by atoms with Gasteiger partial charge in [0.2, 0.25) is 0 Å². The fraction of sp³-hybridized carbons (Fsp3) is 0.438. The second-order valence-corrected chi connectivity index (χ2v) is 5.65. The first kappa shape index (κ1) is 13.2. The van der Waals surface area contributed by atoms with Gasteiger partial charge in [0.15, 0.2) is 11.6 Å². The predicted molar refractivity (Wildman–Crippen MR) is 75.9 cm³/mol. The molecule has 1 aromatic carbocycles. The minimum atomic E-state index is -0.585. The van der Waals surface area contributed by atoms with E-state index < -0.39 is 5.82 Å². The highest BCUT2D eigenvalue weighted by molar-refractivity contribution is 5.66. The number of aryl methyl sites for hydroxylation is 1. The molecule has 3 nitrogen and oxygen atoms in total. The fourth-order valence-corrected chi connectivity index (χ4v) is 3.11. The fourth-order valence-electron chi connectivity index (χ4n) is 3.11. The van der Waals surface area contributed by atoms with Gasteiger partial charge in [0, 0.05) is 18.3 Å². The van der Waals surface area contributed by atoms with Gasteiger partial charge in [-0.3, -0.25) is 4.68 Å². The van der Waals surface area contributed by atoms with Gasteiger partial charge in [-0.25, -0.2) is 4.39 Å². The van der Waals surface area contributed by atoms with Crippen molar-refractivity contribution in [1.82, 2.24) is 9.78 Å². The molecular weight excluding hydrogens is 255 g/mol. The third-order valence-electron chi connectivity index (χ3n) is 4.28. The first-order chi connectivity index (χ1) is 9.65. The Morgan fingerprint density at radius 3 is 2.80 bits per heavy atom. The lowest BCUT2D eigenvalue weighted by Crippen LogP contribution is -2.06. The number of aromatic nitrogens is 2. The van der Waals surface area contributed by atoms with Crippen molar-refractivity contribution in [2.24, 2.45) is 13.0 Å². The molecule has 3 rings (SSSR count). The molecular formula is C16H19FN2O. The van der Waals surface area contributed by atoms with Crippen LogP contribution in [0.25, 0.3) is 11.1 Å². The van der Waals surface area contributed by atoms with E-state index in [-0.39, 0.29) is 5.75 Å². The van der Waals surface area contributed by atoms with Gasteiger partial charge >= 0.3 is 0 Å². The number of aromatic hydroxyl groups is 1. The second-order valence-electron chi connectivity index (χ2n) is 5.65. The standard InChI is InChI=1S/C16H19FN2O/c1-19-15(8-11-4-2-3-5-11)13(10-18-19)12-6-7-16(20)14(17)9-12/h6-7,9-11,20H,2-5,8H2,1H3. The van der Waals surface area contributed by atoms with Crippen LogP contribution in [0.2, 0.25) is 0 Å². The summed E-state index contributed by atoms with van der Waals surface area (Å²) in [5.41, 5.74) is 2.90. The van der Waals surface area contributed by atoms with Crippen LogP contribution in [0.3, 0.4) is 0 Å². The lowest BCUT2D eigenvalue weighted by Gasteiger charge is -2.12. The molecule has 1 aliphatic carbocycles. The van der Waals surface area contributed by atoms with Crippen molar-refractivity contribution in [2.75, 3.05) is 0 Å². The molecule has 1 fully saturated rings. The largest absolute Gasteiger partial charge is 0.505 e. The molecule has 20 heavy (non-hydrogen) atoms. The Hall–Kier alpha value is -1.84. The van der Waals surface area contributed by atoms with E-state index in [1.807, 2.05) is 11.7 Å². The summed E-state index contributed by atoms with van der Waals surface area (Å²) in [5, 5.41) is 13.6. The Balaban J connectivity index is 1.94. The minimum absolute atomic E-state index is 0.310. The van der Waals surface area contributed by atoms with Gasteiger partial charge in [0.1, 0.15) is 0 Å². The van der Waals surface area contributed by atoms with Gasteiger partial charge in [-0.15, -0.1) is 0 Å². The summed E-state index contributed by atoms with van der Waals surface area (Å²) < 4.78 is 15.4. The molecule has 0 atom stereocenters. The molecule has 0 spiro atoms. The molecule has 0 unspecified atom stereocenters. The summed E-state index contributed by atoms with van der Waals surface area (Å²) in [5.74, 6) is -0.181. The summed E-state index contributed by atoms with van der Waals surface area (Å²) in [6.07, 6.45) is 7.95. The maximum atomic E-state index is 13.5. The maximum Gasteiger partial charge on any atom is 0.165 e. The van der Waals surface area contributed by atoms with Crippen molar-refractivity contribution >= 4 is 0 Å². The maximum absolute atomic E-state index is 13.5. The van der Waals surface area contributed by atoms with Crippen LogP contribution in [-0.4, -0.2) is 14.9 Å². The van der Waals surface area contributed by atoms with Gasteiger partial charge in [0.25, 0.3) is 0 Å². The second kappa shape index (κ2) is 5.27. The van der Waals surface area contributed by atoms with E-state index in [9.17, 15) is 9.50 Å². The number of rotatable bonds is 3. The number of benzene rings is 1. The molecule has 1 aliphatic rings. The van der Waals surface area contributed by atoms with Crippen molar-refractivity contribution < 1.29 is 9.50 Å². The Kier molecular flexibility index (Phi) is 3.47. The first-order valence-corrected chi connectivity index (χ1v) is 7.15. The molecule has 0 radical (unpaired) electrons. The SMILES string of the molecule is Cn1ncc(-c2ccc(O)c(F)c2)c1CC1CCCC1. The molecule has 1 aromatic heterocycles. The third kappa shape index (κ3) is 2.42. The van der Waals surface area contributed by atoms with Crippen molar-refractivity contribution in [3.63, 3.8) is 0 Å². The third-order valence-corrected chi connectivity index (χ3v) is 4.28. The van der Waals surface area contributed by atoms with E-state index in [1.54, 1.807) is 12.3 Å². The molecule has 0 saturated heterocycles. The van der Waals surface area contributed by atoms with Crippen molar-refractivity contribution in [2.45, 2.75) is 32.1 Å². The van der Waals surface area contributed by atoms with Crippen LogP contribution in [0.15, 0.2) is 24.4 Å². The van der Waals surface area contributed by atoms with Crippen LogP contribution in [0.5, 0.6) is 5.75 Å². The first-order valence-electron chi connectivity index (χ1n) is 7.15. The van der Waals surface area contributed by atoms with Crippen molar-refractivity contribution in [3.8, 4) is 16.9 Å². The molecule has 0 aliphatic heterocycles. The molecule has 1 saturated carbocycles. The normalized spacial score (nSPS) is 15.9. The summed E-state index contributed by atoms with van der Waals surface area (Å²) in [4.78, 5) is 0. The lowest BCUT2D eigenvalue weighted by atomic mass is 9.96. The predicted octanol–water partition coefficient (Wildman–Crippen LogP) is 3.66. The highest BCUT2D eigenvalue weighted by Gasteiger charge is 2.20. The number of nitrogens with zero attached hydrogens (tertiary/aromatic N) is 2. The molecule has 1 heterocycles. The highest BCUT2D eigenvalue weighted by atomic mass is 19.1. The van der Waals surface area contributed by atoms with Gasteiger partial charge < -0.3 is 5.11 Å². The molecule has 0 bridgehead atoms. The van der Waals surface area contributed by atoms with Gasteiger partial charge in [0.05, 0.1) is 6.20 Å². The lowest BCUT2D eigenvalue weighted by molar-refractivity contribution is 0.432. The zero-order valence-corrected chi connectivity index (χ0v) is 11.6. The highest BCUT2D eigenvalue weighted by Crippen LogP contribution is 2.33. The summed E-state index contributed by atoms with van der Waals surface area (Å²) in [6.45, 7) is 0. The van der Waals surface area contributed by atoms with Gasteiger partial charge in [-0.05, 0) is 30.0 Å². The van der Waals surface area contributed by atoms with Crippen LogP contribution in [-0.2, 0) is 13.5 Å². The average Bonchev–Trinajstić information content (AvgIpc) is 3.05. The van der Waals surface area contributed by atoms with E-state index in [2.05, 4.69) is 5.10 Å². The summed E-state index contributed by atoms with van der Waals surface area (Å²) in [6, 6.07) is 4.52. The van der Waals surface area contributed by atoms with Crippen LogP contribution in [0, 0.1) is 11.7 Å². The van der Waals surface area contributed by atoms with E-state index >= 15 is 0 Å². The van der Waals surface area contributed by atoms with Crippen LogP contribution in [0.4, 0.5) is 4.39 Å². The number of phenols is 1. The van der Waals surface area contributed by atoms with Crippen molar-refractivity contribution in [3.05, 3.63) is 35.9 Å². The molecule has 106 valence electrons. The van der Waals surface area contributed by atoms with Crippen LogP contribution < -0.4 is 0 Å². The Bertz CT molecular complexity index is 615. The zero-order valence-electron chi connectivity index (χ0n) is 11.6. The monoisotopic (exact) mass is 274 g/mol. The molecule has 4 heteroatoms. The van der Waals surface area contributed by atoms with E-state index in [0.717, 1.165) is 23.2 Å². The zero-order chi connectivity index (χ0) is 14.1. The van der Waals surface area contributed by atoms with E-state index in [0.29, 0.717) is 5.92 Å². The topological polar surface area (TPSA) is 38.0 Å². The summed E-state index contributed by atoms with van der Waals surface area (Å²) in [7, 11) is 1.94. The minimum Gasteiger partial charge on any atom is -0.505 e. The van der Waals surface area contributed by atoms with Gasteiger partial charge in [-0.2, -0.15) is 5.10 Å². The quantitative estimate of drug-likeness (QED) is 0.927. The Morgan fingerprint density at radius 1 is 1.35 bits per heavy atom. The van der Waals surface area contributed by atoms with Crippen molar-refractivity contribution in [1.29, 1.82) is 0 Å². The average molecular weight is 274 g/mol. The van der Waals surface area contributed by atoms with Crippen LogP contribution >= 0.6 is 0 Å². The molecule has 0 amide bonds. The smallest absolute Gasteiger partial charge is 0.165 e. The molecule has 2 aromatic rings. The van der Waals surface area contributed by atoms with E-state index in [4.69, 9.17) is 0 Å². The Morgan fingerprint density at radius 2 is 2.10 bits per heavy atom.